The summed E-state index contributed by atoms with van der Waals surface area (Å²) in [6.45, 7) is 4.59. The molecule has 0 saturated heterocycles. The van der Waals surface area contributed by atoms with Crippen LogP contribution in [0.4, 0.5) is 9.59 Å². The summed E-state index contributed by atoms with van der Waals surface area (Å²) < 4.78 is 14.7. The van der Waals surface area contributed by atoms with Crippen molar-refractivity contribution in [3.05, 3.63) is 35.9 Å². The molecule has 132 valence electrons. The van der Waals surface area contributed by atoms with Crippen molar-refractivity contribution in [1.29, 1.82) is 0 Å². The molecule has 0 aromatic heterocycles. The minimum atomic E-state index is -1.23. The summed E-state index contributed by atoms with van der Waals surface area (Å²) in [6, 6.07) is 7.77. The van der Waals surface area contributed by atoms with E-state index in [1.54, 1.807) is 45.0 Å². The molecule has 8 heteroatoms. The Morgan fingerprint density at radius 3 is 2.29 bits per heavy atom. The highest BCUT2D eigenvalue weighted by atomic mass is 16.6. The van der Waals surface area contributed by atoms with E-state index in [1.165, 1.54) is 0 Å². The molecule has 1 atom stereocenters. The first-order valence-electron chi connectivity index (χ1n) is 7.29. The summed E-state index contributed by atoms with van der Waals surface area (Å²) in [4.78, 5) is 34.6. The molecule has 0 heterocycles. The predicted octanol–water partition coefficient (Wildman–Crippen LogP) is 1.72. The number of primary amides is 1. The average Bonchev–Trinajstić information content (AvgIpc) is 2.48. The first-order valence-corrected chi connectivity index (χ1v) is 7.29. The Kier molecular flexibility index (Phi) is 7.03. The van der Waals surface area contributed by atoms with Crippen LogP contribution in [0.25, 0.3) is 0 Å². The smallest absolute Gasteiger partial charge is 0.408 e. The van der Waals surface area contributed by atoms with E-state index in [1.807, 2.05) is 6.07 Å². The van der Waals surface area contributed by atoms with Crippen LogP contribution in [-0.2, 0) is 25.6 Å². The topological polar surface area (TPSA) is 117 Å². The molecule has 0 aliphatic carbocycles. The molecular weight excluding hydrogens is 316 g/mol. The molecule has 1 aromatic carbocycles. The van der Waals surface area contributed by atoms with Crippen LogP contribution >= 0.6 is 0 Å². The normalized spacial score (nSPS) is 12.0. The van der Waals surface area contributed by atoms with Crippen molar-refractivity contribution in [2.24, 2.45) is 5.73 Å². The van der Waals surface area contributed by atoms with Crippen LogP contribution in [0.3, 0.4) is 0 Å². The van der Waals surface area contributed by atoms with Crippen LogP contribution in [0.15, 0.2) is 30.3 Å². The lowest BCUT2D eigenvalue weighted by Crippen LogP contribution is -2.47. The van der Waals surface area contributed by atoms with E-state index in [0.717, 1.165) is 5.56 Å². The van der Waals surface area contributed by atoms with Crippen LogP contribution in [0, 0.1) is 0 Å². The Morgan fingerprint density at radius 2 is 1.75 bits per heavy atom. The summed E-state index contributed by atoms with van der Waals surface area (Å²) in [5.74, 6) is -0.772. The van der Waals surface area contributed by atoms with Crippen LogP contribution in [0.2, 0.25) is 0 Å². The largest absolute Gasteiger partial charge is 0.459 e. The molecule has 1 aromatic rings. The van der Waals surface area contributed by atoms with Crippen molar-refractivity contribution >= 4 is 18.2 Å². The number of alkyl carbamates (subject to hydrolysis) is 1. The van der Waals surface area contributed by atoms with Crippen LogP contribution in [0.1, 0.15) is 26.3 Å². The summed E-state index contributed by atoms with van der Waals surface area (Å²) >= 11 is 0. The third-order valence-electron chi connectivity index (χ3n) is 2.59. The fourth-order valence-corrected chi connectivity index (χ4v) is 1.61. The molecule has 0 unspecified atom stereocenters. The van der Waals surface area contributed by atoms with Crippen molar-refractivity contribution in [2.75, 3.05) is 6.61 Å². The lowest BCUT2D eigenvalue weighted by Gasteiger charge is -2.22. The van der Waals surface area contributed by atoms with Gasteiger partial charge in [-0.15, -0.1) is 0 Å². The number of hydrogen-bond donors (Lipinski definition) is 2. The minimum Gasteiger partial charge on any atom is -0.459 e. The zero-order valence-corrected chi connectivity index (χ0v) is 13.9. The molecule has 1 rings (SSSR count). The molecular formula is C16H22N2O6. The van der Waals surface area contributed by atoms with E-state index in [2.05, 4.69) is 10.1 Å². The van der Waals surface area contributed by atoms with Gasteiger partial charge in [0.15, 0.2) is 6.04 Å². The number of ether oxygens (including phenoxy) is 3. The van der Waals surface area contributed by atoms with Gasteiger partial charge < -0.3 is 25.3 Å². The highest BCUT2D eigenvalue weighted by molar-refractivity contribution is 5.82. The van der Waals surface area contributed by atoms with Gasteiger partial charge in [-0.25, -0.2) is 14.4 Å². The van der Waals surface area contributed by atoms with Gasteiger partial charge in [-0.1, -0.05) is 30.3 Å². The Hall–Kier alpha value is -2.77. The number of rotatable bonds is 6. The number of hydrogen-bond acceptors (Lipinski definition) is 6. The summed E-state index contributed by atoms with van der Waals surface area (Å²) in [7, 11) is 0. The Balaban J connectivity index is 2.64. The number of carbonyl (C=O) groups excluding carboxylic acids is 3. The van der Waals surface area contributed by atoms with Crippen molar-refractivity contribution < 1.29 is 28.6 Å². The Labute approximate surface area is 140 Å². The van der Waals surface area contributed by atoms with E-state index in [9.17, 15) is 14.4 Å². The second-order valence-electron chi connectivity index (χ2n) is 5.92. The third-order valence-corrected chi connectivity index (χ3v) is 2.59. The minimum absolute atomic E-state index is 0.0166. The van der Waals surface area contributed by atoms with Gasteiger partial charge in [0, 0.05) is 0 Å². The number of benzene rings is 1. The molecule has 0 saturated carbocycles. The molecule has 3 N–H and O–H groups in total. The number of amides is 2. The van der Waals surface area contributed by atoms with Crippen molar-refractivity contribution in [2.45, 2.75) is 39.0 Å². The Bertz CT molecular complexity index is 568. The van der Waals surface area contributed by atoms with Crippen molar-refractivity contribution in [3.63, 3.8) is 0 Å². The maximum atomic E-state index is 12.1. The maximum Gasteiger partial charge on any atom is 0.408 e. The van der Waals surface area contributed by atoms with Crippen molar-refractivity contribution in [3.8, 4) is 0 Å². The molecule has 0 bridgehead atoms. The maximum absolute atomic E-state index is 12.1. The van der Waals surface area contributed by atoms with Gasteiger partial charge in [0.2, 0.25) is 0 Å². The van der Waals surface area contributed by atoms with E-state index in [-0.39, 0.29) is 6.61 Å². The SMILES string of the molecule is CC(C)(C)OC(=O)N[C@@H](COC(N)=O)C(=O)OCc1ccccc1. The lowest BCUT2D eigenvalue weighted by molar-refractivity contribution is -0.148. The molecule has 0 fully saturated rings. The predicted molar refractivity (Wildman–Crippen MR) is 84.9 cm³/mol. The summed E-state index contributed by atoms with van der Waals surface area (Å²) in [5, 5.41) is 2.30. The Morgan fingerprint density at radius 1 is 1.12 bits per heavy atom. The number of carbonyl (C=O) groups is 3. The quantitative estimate of drug-likeness (QED) is 0.602. The van der Waals surface area contributed by atoms with Gasteiger partial charge in [-0.3, -0.25) is 0 Å². The third kappa shape index (κ3) is 8.02. The van der Waals surface area contributed by atoms with E-state index in [4.69, 9.17) is 15.2 Å². The van der Waals surface area contributed by atoms with Gasteiger partial charge >= 0.3 is 18.2 Å². The fraction of sp³-hybridized carbons (Fsp3) is 0.438. The van der Waals surface area contributed by atoms with Gasteiger partial charge in [0.25, 0.3) is 0 Å². The molecule has 0 aliphatic rings. The van der Waals surface area contributed by atoms with E-state index >= 15 is 0 Å². The van der Waals surface area contributed by atoms with Gasteiger partial charge in [0.1, 0.15) is 18.8 Å². The van der Waals surface area contributed by atoms with Gasteiger partial charge in [-0.2, -0.15) is 0 Å². The zero-order valence-electron chi connectivity index (χ0n) is 13.9. The second kappa shape index (κ2) is 8.76. The van der Waals surface area contributed by atoms with Crippen molar-refractivity contribution in [1.82, 2.24) is 5.32 Å². The average molecular weight is 338 g/mol. The molecule has 24 heavy (non-hydrogen) atoms. The number of esters is 1. The van der Waals surface area contributed by atoms with E-state index < -0.39 is 36.4 Å². The lowest BCUT2D eigenvalue weighted by atomic mass is 10.2. The first-order chi connectivity index (χ1) is 11.2. The fourth-order valence-electron chi connectivity index (χ4n) is 1.61. The number of nitrogens with one attached hydrogen (secondary N) is 1. The monoisotopic (exact) mass is 338 g/mol. The first kappa shape index (κ1) is 19.3. The standard InChI is InChI=1S/C16H22N2O6/c1-16(2,3)24-15(21)18-12(10-23-14(17)20)13(19)22-9-11-7-5-4-6-8-11/h4-8,12H,9-10H2,1-3H3,(H2,17,20)(H,18,21)/t12-/m0/s1. The van der Waals surface area contributed by atoms with Gasteiger partial charge in [-0.05, 0) is 26.3 Å². The summed E-state index contributed by atoms with van der Waals surface area (Å²) in [5.41, 5.74) is 4.91. The van der Waals surface area contributed by atoms with Crippen LogP contribution < -0.4 is 11.1 Å². The molecule has 0 spiro atoms. The number of nitrogens with two attached hydrogens (primary N) is 1. The molecule has 0 aliphatic heterocycles. The molecule has 2 amide bonds. The zero-order chi connectivity index (χ0) is 18.2. The molecule has 0 radical (unpaired) electrons. The summed E-state index contributed by atoms with van der Waals surface area (Å²) in [6.07, 6.45) is -1.90. The highest BCUT2D eigenvalue weighted by Gasteiger charge is 2.26. The van der Waals surface area contributed by atoms with Crippen LogP contribution in [-0.4, -0.2) is 36.4 Å². The second-order valence-corrected chi connectivity index (χ2v) is 5.92. The highest BCUT2D eigenvalue weighted by Crippen LogP contribution is 2.08. The molecule has 8 nitrogen and oxygen atoms in total. The van der Waals surface area contributed by atoms with E-state index in [0.29, 0.717) is 0 Å². The van der Waals surface area contributed by atoms with Crippen LogP contribution in [0.5, 0.6) is 0 Å². The van der Waals surface area contributed by atoms with Gasteiger partial charge in [0.05, 0.1) is 0 Å².